The molecule has 0 bridgehead atoms. The number of aryl methyl sites for hydroxylation is 4. The third-order valence-electron chi connectivity index (χ3n) is 4.22. The summed E-state index contributed by atoms with van der Waals surface area (Å²) in [5.41, 5.74) is 7.95. The van der Waals surface area contributed by atoms with Gasteiger partial charge < -0.3 is 4.52 Å². The van der Waals surface area contributed by atoms with Crippen molar-refractivity contribution in [2.45, 2.75) is 40.0 Å². The lowest BCUT2D eigenvalue weighted by Crippen LogP contribution is -2.41. The van der Waals surface area contributed by atoms with Crippen LogP contribution in [0.4, 0.5) is 0 Å². The van der Waals surface area contributed by atoms with Crippen LogP contribution < -0.4 is 10.9 Å². The van der Waals surface area contributed by atoms with E-state index in [4.69, 9.17) is 4.52 Å². The second-order valence-electron chi connectivity index (χ2n) is 6.45. The Balaban J connectivity index is 1.48. The van der Waals surface area contributed by atoms with Gasteiger partial charge in [0.15, 0.2) is 0 Å². The van der Waals surface area contributed by atoms with Crippen LogP contribution in [0.25, 0.3) is 11.4 Å². The zero-order valence-corrected chi connectivity index (χ0v) is 16.9. The van der Waals surface area contributed by atoms with Crippen LogP contribution in [-0.2, 0) is 17.6 Å². The van der Waals surface area contributed by atoms with Crippen LogP contribution in [0.2, 0.25) is 0 Å². The molecule has 0 fully saturated rings. The molecule has 0 saturated heterocycles. The molecule has 1 aromatic carbocycles. The van der Waals surface area contributed by atoms with E-state index in [1.165, 1.54) is 11.3 Å². The molecule has 0 spiro atoms. The number of hydrogen-bond donors (Lipinski definition) is 2. The Morgan fingerprint density at radius 2 is 1.89 bits per heavy atom. The lowest BCUT2D eigenvalue weighted by molar-refractivity contribution is -0.121. The largest absolute Gasteiger partial charge is 0.339 e. The minimum atomic E-state index is -0.326. The van der Waals surface area contributed by atoms with Crippen molar-refractivity contribution in [2.24, 2.45) is 0 Å². The number of carbonyl (C=O) groups excluding carboxylic acids is 2. The van der Waals surface area contributed by atoms with Crippen LogP contribution >= 0.6 is 11.3 Å². The van der Waals surface area contributed by atoms with Gasteiger partial charge in [0, 0.05) is 23.3 Å². The molecule has 8 heteroatoms. The van der Waals surface area contributed by atoms with Crippen LogP contribution in [0.15, 0.2) is 34.9 Å². The number of benzene rings is 1. The number of rotatable bonds is 6. The molecule has 0 atom stereocenters. The standard InChI is InChI=1S/C20H22N4O3S/c1-4-15-13(3)11-16(28-15)20(26)23-22-17(25)9-10-18-21-19(24-27-18)14-7-5-12(2)6-8-14/h5-8,11H,4,9-10H2,1-3H3,(H,22,25)(H,23,26). The number of thiophene rings is 1. The number of nitrogens with one attached hydrogen (secondary N) is 2. The van der Waals surface area contributed by atoms with Gasteiger partial charge >= 0.3 is 0 Å². The minimum Gasteiger partial charge on any atom is -0.339 e. The summed E-state index contributed by atoms with van der Waals surface area (Å²) in [5, 5.41) is 3.94. The molecule has 0 radical (unpaired) electrons. The smallest absolute Gasteiger partial charge is 0.279 e. The van der Waals surface area contributed by atoms with Crippen LogP contribution in [0.5, 0.6) is 0 Å². The van der Waals surface area contributed by atoms with Gasteiger partial charge in [-0.05, 0) is 31.9 Å². The Morgan fingerprint density at radius 1 is 1.14 bits per heavy atom. The summed E-state index contributed by atoms with van der Waals surface area (Å²) < 4.78 is 5.20. The zero-order chi connectivity index (χ0) is 20.1. The van der Waals surface area contributed by atoms with E-state index in [-0.39, 0.29) is 18.2 Å². The first-order valence-corrected chi connectivity index (χ1v) is 9.86. The fourth-order valence-corrected chi connectivity index (χ4v) is 3.64. The number of hydrogen-bond acceptors (Lipinski definition) is 6. The molecule has 0 aliphatic heterocycles. The highest BCUT2D eigenvalue weighted by Gasteiger charge is 2.14. The van der Waals surface area contributed by atoms with Crippen molar-refractivity contribution in [3.63, 3.8) is 0 Å². The predicted octanol–water partition coefficient (Wildman–Crippen LogP) is 3.37. The second-order valence-corrected chi connectivity index (χ2v) is 7.59. The highest BCUT2D eigenvalue weighted by atomic mass is 32.1. The highest BCUT2D eigenvalue weighted by molar-refractivity contribution is 7.14. The number of aromatic nitrogens is 2. The second kappa shape index (κ2) is 8.79. The van der Waals surface area contributed by atoms with E-state index in [0.29, 0.717) is 23.0 Å². The highest BCUT2D eigenvalue weighted by Crippen LogP contribution is 2.22. The van der Waals surface area contributed by atoms with Crippen molar-refractivity contribution < 1.29 is 14.1 Å². The average molecular weight is 398 g/mol. The van der Waals surface area contributed by atoms with E-state index in [2.05, 4.69) is 21.0 Å². The first-order valence-electron chi connectivity index (χ1n) is 9.04. The summed E-state index contributed by atoms with van der Waals surface area (Å²) in [7, 11) is 0. The lowest BCUT2D eigenvalue weighted by Gasteiger charge is -2.05. The summed E-state index contributed by atoms with van der Waals surface area (Å²) in [6.07, 6.45) is 1.29. The molecule has 3 aromatic rings. The van der Waals surface area contributed by atoms with Crippen molar-refractivity contribution in [3.05, 3.63) is 57.1 Å². The molecular weight excluding hydrogens is 376 g/mol. The van der Waals surface area contributed by atoms with E-state index in [1.807, 2.05) is 51.1 Å². The molecule has 3 rings (SSSR count). The molecule has 0 unspecified atom stereocenters. The summed E-state index contributed by atoms with van der Waals surface area (Å²) in [6.45, 7) is 6.02. The summed E-state index contributed by atoms with van der Waals surface area (Å²) in [5.74, 6) is 0.218. The number of nitrogens with zero attached hydrogens (tertiary/aromatic N) is 2. The molecule has 2 amide bonds. The molecule has 146 valence electrons. The predicted molar refractivity (Wildman–Crippen MR) is 107 cm³/mol. The third-order valence-corrected chi connectivity index (χ3v) is 5.60. The molecule has 0 aliphatic rings. The van der Waals surface area contributed by atoms with Crippen molar-refractivity contribution >= 4 is 23.2 Å². The van der Waals surface area contributed by atoms with Gasteiger partial charge in [0.2, 0.25) is 17.6 Å². The van der Waals surface area contributed by atoms with Gasteiger partial charge in [0.25, 0.3) is 5.91 Å². The first kappa shape index (κ1) is 19.8. The van der Waals surface area contributed by atoms with Crippen molar-refractivity contribution in [3.8, 4) is 11.4 Å². The van der Waals surface area contributed by atoms with Gasteiger partial charge in [0.05, 0.1) is 4.88 Å². The van der Waals surface area contributed by atoms with Crippen molar-refractivity contribution in [1.29, 1.82) is 0 Å². The molecule has 0 saturated carbocycles. The molecule has 2 N–H and O–H groups in total. The van der Waals surface area contributed by atoms with Gasteiger partial charge in [-0.2, -0.15) is 4.98 Å². The Morgan fingerprint density at radius 3 is 2.57 bits per heavy atom. The Labute approximate surface area is 167 Å². The van der Waals surface area contributed by atoms with Crippen LogP contribution in [0, 0.1) is 13.8 Å². The van der Waals surface area contributed by atoms with E-state index < -0.39 is 0 Å². The monoisotopic (exact) mass is 398 g/mol. The third kappa shape index (κ3) is 4.83. The van der Waals surface area contributed by atoms with Crippen LogP contribution in [0.3, 0.4) is 0 Å². The topological polar surface area (TPSA) is 97.1 Å². The molecule has 7 nitrogen and oxygen atoms in total. The van der Waals surface area contributed by atoms with E-state index in [9.17, 15) is 9.59 Å². The van der Waals surface area contributed by atoms with Crippen molar-refractivity contribution in [1.82, 2.24) is 21.0 Å². The lowest BCUT2D eigenvalue weighted by atomic mass is 10.1. The Kier molecular flexibility index (Phi) is 6.20. The minimum absolute atomic E-state index is 0.124. The zero-order valence-electron chi connectivity index (χ0n) is 16.0. The summed E-state index contributed by atoms with van der Waals surface area (Å²) in [6, 6.07) is 9.61. The molecule has 0 aliphatic carbocycles. The quantitative estimate of drug-likeness (QED) is 0.621. The molecule has 2 aromatic heterocycles. The van der Waals surface area contributed by atoms with Gasteiger partial charge in [-0.3, -0.25) is 20.4 Å². The summed E-state index contributed by atoms with van der Waals surface area (Å²) >= 11 is 1.43. The fraction of sp³-hybridized carbons (Fsp3) is 0.300. The van der Waals surface area contributed by atoms with Gasteiger partial charge in [0.1, 0.15) is 0 Å². The van der Waals surface area contributed by atoms with Crippen LogP contribution in [-0.4, -0.2) is 22.0 Å². The van der Waals surface area contributed by atoms with E-state index >= 15 is 0 Å². The molecule has 28 heavy (non-hydrogen) atoms. The van der Waals surface area contributed by atoms with Gasteiger partial charge in [-0.1, -0.05) is 41.9 Å². The SMILES string of the molecule is CCc1sc(C(=O)NNC(=O)CCc2nc(-c3ccc(C)cc3)no2)cc1C. The maximum absolute atomic E-state index is 12.1. The first-order chi connectivity index (χ1) is 13.5. The van der Waals surface area contributed by atoms with Crippen molar-refractivity contribution in [2.75, 3.05) is 0 Å². The number of amides is 2. The van der Waals surface area contributed by atoms with E-state index in [1.54, 1.807) is 0 Å². The van der Waals surface area contributed by atoms with Gasteiger partial charge in [-0.25, -0.2) is 0 Å². The summed E-state index contributed by atoms with van der Waals surface area (Å²) in [4.78, 5) is 30.2. The van der Waals surface area contributed by atoms with E-state index in [0.717, 1.165) is 28.0 Å². The van der Waals surface area contributed by atoms with Crippen LogP contribution in [0.1, 0.15) is 44.9 Å². The Bertz CT molecular complexity index is 976. The maximum atomic E-state index is 12.1. The number of hydrazine groups is 1. The number of carbonyl (C=O) groups is 2. The maximum Gasteiger partial charge on any atom is 0.279 e. The molecular formula is C20H22N4O3S. The Hall–Kier alpha value is -3.00. The van der Waals surface area contributed by atoms with Gasteiger partial charge in [-0.15, -0.1) is 11.3 Å². The molecule has 2 heterocycles. The average Bonchev–Trinajstić information content (AvgIpc) is 3.31. The normalized spacial score (nSPS) is 10.7. The fourth-order valence-electron chi connectivity index (χ4n) is 2.63.